The number of carbonyl (C=O) groups is 1. The van der Waals surface area contributed by atoms with Gasteiger partial charge in [0.1, 0.15) is 5.56 Å². The van der Waals surface area contributed by atoms with E-state index in [1.54, 1.807) is 0 Å². The normalized spacial score (nSPS) is 25.9. The number of hydrazone groups is 1. The fourth-order valence-corrected chi connectivity index (χ4v) is 4.89. The van der Waals surface area contributed by atoms with Gasteiger partial charge in [0.05, 0.1) is 18.7 Å². The summed E-state index contributed by atoms with van der Waals surface area (Å²) in [5.74, 6) is -2.58. The largest absolute Gasteiger partial charge is 0.462 e. The lowest BCUT2D eigenvalue weighted by Crippen LogP contribution is -2.61. The Morgan fingerprint density at radius 1 is 1.48 bits per heavy atom. The van der Waals surface area contributed by atoms with Gasteiger partial charge in [-0.1, -0.05) is 6.42 Å². The highest BCUT2D eigenvalue weighted by Crippen LogP contribution is 2.50. The summed E-state index contributed by atoms with van der Waals surface area (Å²) in [6.45, 7) is 1.40. The zero-order chi connectivity index (χ0) is 20.0. The third-order valence-corrected chi connectivity index (χ3v) is 6.22. The van der Waals surface area contributed by atoms with Crippen LogP contribution in [0.4, 0.5) is 13.2 Å². The Balaban J connectivity index is 2.12. The van der Waals surface area contributed by atoms with Crippen LogP contribution >= 0.6 is 0 Å². The van der Waals surface area contributed by atoms with Crippen LogP contribution in [0.3, 0.4) is 0 Å². The Morgan fingerprint density at radius 3 is 2.81 bits per heavy atom. The maximum Gasteiger partial charge on any atom is 0.439 e. The topological polar surface area (TPSA) is 125 Å². The second kappa shape index (κ2) is 6.48. The van der Waals surface area contributed by atoms with Crippen molar-refractivity contribution in [1.82, 2.24) is 14.6 Å². The quantitative estimate of drug-likeness (QED) is 0.723. The van der Waals surface area contributed by atoms with E-state index in [2.05, 4.69) is 10.2 Å². The second-order valence-electron chi connectivity index (χ2n) is 6.19. The van der Waals surface area contributed by atoms with Crippen LogP contribution in [-0.2, 0) is 14.8 Å². The molecule has 1 saturated carbocycles. The third kappa shape index (κ3) is 2.88. The highest BCUT2D eigenvalue weighted by Gasteiger charge is 2.70. The molecule has 2 atom stereocenters. The summed E-state index contributed by atoms with van der Waals surface area (Å²) in [7, 11) is -5.08. The van der Waals surface area contributed by atoms with Gasteiger partial charge in [0.2, 0.25) is 0 Å². The van der Waals surface area contributed by atoms with Crippen molar-refractivity contribution in [1.29, 1.82) is 0 Å². The molecule has 9 nitrogen and oxygen atoms in total. The van der Waals surface area contributed by atoms with Crippen LogP contribution in [0.2, 0.25) is 0 Å². The number of hydrogen-bond donors (Lipinski definition) is 2. The number of halogens is 3. The Morgan fingerprint density at radius 2 is 2.19 bits per heavy atom. The molecule has 3 rings (SSSR count). The average Bonchev–Trinajstić information content (AvgIpc) is 3.19. The Hall–Kier alpha value is -2.15. The molecule has 0 amide bonds. The van der Waals surface area contributed by atoms with E-state index in [0.717, 1.165) is 6.20 Å². The van der Waals surface area contributed by atoms with E-state index in [1.807, 2.05) is 5.10 Å². The number of aromatic amines is 1. The van der Waals surface area contributed by atoms with Gasteiger partial charge in [0.25, 0.3) is 15.7 Å². The molecule has 0 aromatic carbocycles. The molecule has 0 saturated heterocycles. The van der Waals surface area contributed by atoms with Crippen molar-refractivity contribution in [2.75, 3.05) is 6.61 Å². The average molecular weight is 410 g/mol. The van der Waals surface area contributed by atoms with E-state index in [4.69, 9.17) is 4.74 Å². The Labute approximate surface area is 152 Å². The van der Waals surface area contributed by atoms with Gasteiger partial charge in [-0.05, 0) is 26.2 Å². The lowest BCUT2D eigenvalue weighted by Gasteiger charge is -2.38. The first-order chi connectivity index (χ1) is 12.5. The molecule has 27 heavy (non-hydrogen) atoms. The van der Waals surface area contributed by atoms with E-state index in [1.165, 1.54) is 6.92 Å². The molecule has 1 fully saturated rings. The zero-order valence-corrected chi connectivity index (χ0v) is 15.0. The minimum absolute atomic E-state index is 0.0400. The van der Waals surface area contributed by atoms with Crippen LogP contribution in [0.5, 0.6) is 0 Å². The maximum atomic E-state index is 13.8. The highest BCUT2D eigenvalue weighted by atomic mass is 32.2. The smallest absolute Gasteiger partial charge is 0.439 e. The van der Waals surface area contributed by atoms with Gasteiger partial charge >= 0.3 is 12.1 Å². The number of rotatable bonds is 4. The molecule has 2 heterocycles. The van der Waals surface area contributed by atoms with Gasteiger partial charge in [0.15, 0.2) is 5.03 Å². The van der Waals surface area contributed by atoms with Crippen molar-refractivity contribution in [2.45, 2.75) is 49.5 Å². The lowest BCUT2D eigenvalue weighted by molar-refractivity contribution is -0.306. The summed E-state index contributed by atoms with van der Waals surface area (Å²) in [5.41, 5.74) is -4.35. The fraction of sp³-hybridized carbons (Fsp3) is 0.643. The molecule has 0 spiro atoms. The van der Waals surface area contributed by atoms with Gasteiger partial charge in [-0.25, -0.2) is 4.79 Å². The minimum atomic E-state index is -5.31. The summed E-state index contributed by atoms with van der Waals surface area (Å²) in [6, 6.07) is 0. The number of aromatic nitrogens is 2. The van der Waals surface area contributed by atoms with E-state index < -0.39 is 44.4 Å². The molecule has 1 aliphatic heterocycles. The number of fused-ring (bicyclic) bond motifs is 1. The van der Waals surface area contributed by atoms with Crippen molar-refractivity contribution in [3.63, 3.8) is 0 Å². The van der Waals surface area contributed by atoms with Crippen molar-refractivity contribution in [3.8, 4) is 0 Å². The first-order valence-corrected chi connectivity index (χ1v) is 9.61. The maximum absolute atomic E-state index is 13.8. The molecule has 1 aromatic rings. The molecule has 0 radical (unpaired) electrons. The zero-order valence-electron chi connectivity index (χ0n) is 14.2. The van der Waals surface area contributed by atoms with Crippen LogP contribution in [0.15, 0.2) is 16.3 Å². The molecular weight excluding hydrogens is 393 g/mol. The molecule has 150 valence electrons. The summed E-state index contributed by atoms with van der Waals surface area (Å²) in [5, 5.41) is 18.6. The molecule has 2 aliphatic rings. The monoisotopic (exact) mass is 410 g/mol. The van der Waals surface area contributed by atoms with Crippen LogP contribution in [0.25, 0.3) is 0 Å². The van der Waals surface area contributed by atoms with E-state index in [0.29, 0.717) is 12.8 Å². The van der Waals surface area contributed by atoms with Crippen molar-refractivity contribution >= 4 is 21.7 Å². The Bertz CT molecular complexity index is 882. The fourth-order valence-electron chi connectivity index (χ4n) is 3.33. The number of alkyl halides is 3. The molecule has 2 N–H and O–H groups in total. The highest BCUT2D eigenvalue weighted by molar-refractivity contribution is 7.89. The predicted molar refractivity (Wildman–Crippen MR) is 84.0 cm³/mol. The number of sulfonamides is 1. The predicted octanol–water partition coefficient (Wildman–Crippen LogP) is 1.39. The van der Waals surface area contributed by atoms with Crippen molar-refractivity contribution in [2.24, 2.45) is 11.0 Å². The van der Waals surface area contributed by atoms with Crippen molar-refractivity contribution in [3.05, 3.63) is 11.8 Å². The summed E-state index contributed by atoms with van der Waals surface area (Å²) in [4.78, 5) is 11.9. The van der Waals surface area contributed by atoms with Crippen LogP contribution in [0.1, 0.15) is 43.0 Å². The lowest BCUT2D eigenvalue weighted by atomic mass is 9.81. The summed E-state index contributed by atoms with van der Waals surface area (Å²) < 4.78 is 71.5. The van der Waals surface area contributed by atoms with Gasteiger partial charge in [-0.2, -0.15) is 31.8 Å². The van der Waals surface area contributed by atoms with Crippen LogP contribution in [-0.4, -0.2) is 58.3 Å². The molecule has 1 aliphatic carbocycles. The number of carbonyl (C=O) groups excluding carboxylic acids is 1. The van der Waals surface area contributed by atoms with E-state index >= 15 is 0 Å². The first kappa shape index (κ1) is 19.6. The van der Waals surface area contributed by atoms with E-state index in [9.17, 15) is 31.5 Å². The SMILES string of the molecule is CCOC(=O)c1cn[nH]c1S(=O)(=O)N1N=C2CCCC[C@@H]2[C@@]1(O)C(F)(F)F. The van der Waals surface area contributed by atoms with Gasteiger partial charge in [0, 0.05) is 5.71 Å². The number of hydrogen-bond acceptors (Lipinski definition) is 7. The second-order valence-corrected chi connectivity index (χ2v) is 7.90. The molecule has 0 unspecified atom stereocenters. The van der Waals surface area contributed by atoms with Crippen LogP contribution in [0, 0.1) is 5.92 Å². The third-order valence-electron chi connectivity index (χ3n) is 4.58. The molecule has 1 aromatic heterocycles. The van der Waals surface area contributed by atoms with Crippen molar-refractivity contribution < 1.29 is 36.2 Å². The number of nitrogens with one attached hydrogen (secondary N) is 1. The number of H-pyrrole nitrogens is 1. The van der Waals surface area contributed by atoms with E-state index in [-0.39, 0.29) is 29.6 Å². The number of ether oxygens (including phenoxy) is 1. The minimum Gasteiger partial charge on any atom is -0.462 e. The van der Waals surface area contributed by atoms with Crippen LogP contribution < -0.4 is 0 Å². The van der Waals surface area contributed by atoms with Gasteiger partial charge in [-0.3, -0.25) is 5.10 Å². The standard InChI is InChI=1S/C14H17F3N4O5S/c1-2-26-12(22)8-7-18-19-11(8)27(24,25)21-13(23,14(15,16)17)9-5-3-4-6-10(9)20-21/h7,9,23H,2-6H2,1H3,(H,18,19)/t9-,13+/m0/s1. The van der Waals surface area contributed by atoms with Gasteiger partial charge in [-0.15, -0.1) is 4.41 Å². The Kier molecular flexibility index (Phi) is 4.70. The summed E-state index contributed by atoms with van der Waals surface area (Å²) in [6.07, 6.45) is -3.47. The summed E-state index contributed by atoms with van der Waals surface area (Å²) >= 11 is 0. The first-order valence-electron chi connectivity index (χ1n) is 8.17. The number of aliphatic hydroxyl groups is 1. The molecule has 0 bridgehead atoms. The molecule has 13 heteroatoms. The number of esters is 1. The van der Waals surface area contributed by atoms with Gasteiger partial charge < -0.3 is 9.84 Å². The number of nitrogens with zero attached hydrogens (tertiary/aromatic N) is 3. The molecular formula is C14H17F3N4O5S.